The molecule has 1 atom stereocenters. The highest BCUT2D eigenvalue weighted by atomic mass is 16.5. The molecule has 1 aliphatic heterocycles. The van der Waals surface area contributed by atoms with E-state index in [0.717, 1.165) is 27.7 Å². The number of carbonyl (C=O) groups is 3. The fraction of sp³-hybridized carbons (Fsp3) is 0.429. The van der Waals surface area contributed by atoms with Crippen LogP contribution in [0.5, 0.6) is 0 Å². The number of amides is 3. The van der Waals surface area contributed by atoms with Crippen LogP contribution in [-0.4, -0.2) is 56.3 Å². The Bertz CT molecular complexity index is 1000. The van der Waals surface area contributed by atoms with Crippen LogP contribution < -0.4 is 5.32 Å². The number of aromatic nitrogens is 3. The molecule has 0 aliphatic carbocycles. The van der Waals surface area contributed by atoms with Gasteiger partial charge in [-0.15, -0.1) is 0 Å². The van der Waals surface area contributed by atoms with E-state index in [4.69, 9.17) is 4.74 Å². The summed E-state index contributed by atoms with van der Waals surface area (Å²) in [5.41, 5.74) is 2.82. The topological polar surface area (TPSA) is 98.5 Å². The van der Waals surface area contributed by atoms with Crippen LogP contribution in [0.25, 0.3) is 11.9 Å². The number of hydrogen-bond acceptors (Lipinski definition) is 5. The average molecular weight is 413 g/mol. The fourth-order valence-corrected chi connectivity index (χ4v) is 3.51. The van der Waals surface area contributed by atoms with Gasteiger partial charge in [-0.2, -0.15) is 5.10 Å². The Labute approximate surface area is 175 Å². The third-order valence-electron chi connectivity index (χ3n) is 5.00. The van der Waals surface area contributed by atoms with Crippen LogP contribution in [0.4, 0.5) is 4.79 Å². The van der Waals surface area contributed by atoms with Gasteiger partial charge in [0, 0.05) is 42.7 Å². The largest absolute Gasteiger partial charge is 0.449 e. The van der Waals surface area contributed by atoms with E-state index in [1.165, 1.54) is 13.0 Å². The van der Waals surface area contributed by atoms with Gasteiger partial charge in [0.05, 0.1) is 6.20 Å². The summed E-state index contributed by atoms with van der Waals surface area (Å²) < 4.78 is 9.19. The Morgan fingerprint density at radius 2 is 2.00 bits per heavy atom. The molecular weight excluding hydrogens is 386 g/mol. The van der Waals surface area contributed by atoms with Gasteiger partial charge in [-0.3, -0.25) is 9.69 Å². The number of esters is 1. The summed E-state index contributed by atoms with van der Waals surface area (Å²) in [6.45, 7) is 10.2. The van der Waals surface area contributed by atoms with Crippen molar-refractivity contribution in [2.75, 3.05) is 13.1 Å². The molecule has 0 saturated carbocycles. The summed E-state index contributed by atoms with van der Waals surface area (Å²) in [7, 11) is 0. The molecule has 3 heterocycles. The first-order chi connectivity index (χ1) is 14.2. The molecule has 3 rings (SSSR count). The molecular formula is C21H27N5O4. The summed E-state index contributed by atoms with van der Waals surface area (Å²) in [6.07, 6.45) is 3.68. The lowest BCUT2D eigenvalue weighted by Gasteiger charge is -2.17. The Morgan fingerprint density at radius 1 is 1.27 bits per heavy atom. The number of nitrogens with zero attached hydrogens (tertiary/aromatic N) is 4. The van der Waals surface area contributed by atoms with Gasteiger partial charge in [0.2, 0.25) is 0 Å². The van der Waals surface area contributed by atoms with Gasteiger partial charge in [-0.05, 0) is 52.3 Å². The van der Waals surface area contributed by atoms with E-state index >= 15 is 0 Å². The zero-order valence-electron chi connectivity index (χ0n) is 17.9. The molecule has 3 amide bonds. The van der Waals surface area contributed by atoms with Crippen molar-refractivity contribution < 1.29 is 19.1 Å². The second-order valence-corrected chi connectivity index (χ2v) is 7.52. The van der Waals surface area contributed by atoms with E-state index in [0.29, 0.717) is 6.54 Å². The quantitative estimate of drug-likeness (QED) is 0.579. The smallest absolute Gasteiger partial charge is 0.331 e. The SMILES string of the molecule is Cc1cc(/C=C/C(=O)O[C@@H](C)C(=O)N2CCNC2=O)c(C)n1-c1ccnn1C(C)C. The molecule has 1 fully saturated rings. The lowest BCUT2D eigenvalue weighted by atomic mass is 10.2. The van der Waals surface area contributed by atoms with E-state index in [-0.39, 0.29) is 12.6 Å². The Hall–Kier alpha value is -3.36. The van der Waals surface area contributed by atoms with Crippen molar-refractivity contribution in [3.8, 4) is 5.82 Å². The summed E-state index contributed by atoms with van der Waals surface area (Å²) in [6, 6.07) is 3.66. The second kappa shape index (κ2) is 8.56. The second-order valence-electron chi connectivity index (χ2n) is 7.52. The minimum absolute atomic E-state index is 0.210. The predicted octanol–water partition coefficient (Wildman–Crippen LogP) is 2.37. The molecule has 2 aromatic rings. The van der Waals surface area contributed by atoms with Crippen LogP contribution in [0.15, 0.2) is 24.4 Å². The molecule has 2 aromatic heterocycles. The zero-order chi connectivity index (χ0) is 22.0. The lowest BCUT2D eigenvalue weighted by Crippen LogP contribution is -2.41. The maximum Gasteiger partial charge on any atom is 0.331 e. The van der Waals surface area contributed by atoms with Gasteiger partial charge in [0.1, 0.15) is 5.82 Å². The Balaban J connectivity index is 1.72. The Morgan fingerprint density at radius 3 is 2.63 bits per heavy atom. The zero-order valence-corrected chi connectivity index (χ0v) is 17.9. The molecule has 9 heteroatoms. The third kappa shape index (κ3) is 4.14. The maximum atomic E-state index is 12.2. The third-order valence-corrected chi connectivity index (χ3v) is 5.00. The molecule has 0 bridgehead atoms. The molecule has 0 radical (unpaired) electrons. The molecule has 1 N–H and O–H groups in total. The minimum Gasteiger partial charge on any atom is -0.449 e. The van der Waals surface area contributed by atoms with Crippen molar-refractivity contribution in [1.82, 2.24) is 24.6 Å². The van der Waals surface area contributed by atoms with Gasteiger partial charge in [-0.1, -0.05) is 0 Å². The van der Waals surface area contributed by atoms with Gasteiger partial charge in [0.15, 0.2) is 6.10 Å². The summed E-state index contributed by atoms with van der Waals surface area (Å²) in [5.74, 6) is -0.232. The summed E-state index contributed by atoms with van der Waals surface area (Å²) >= 11 is 0. The van der Waals surface area contributed by atoms with E-state index in [1.54, 1.807) is 12.3 Å². The van der Waals surface area contributed by atoms with Gasteiger partial charge >= 0.3 is 12.0 Å². The van der Waals surface area contributed by atoms with Crippen LogP contribution >= 0.6 is 0 Å². The first-order valence-corrected chi connectivity index (χ1v) is 9.91. The molecule has 0 aromatic carbocycles. The van der Waals surface area contributed by atoms with Crippen LogP contribution in [0.3, 0.4) is 0 Å². The maximum absolute atomic E-state index is 12.2. The van der Waals surface area contributed by atoms with E-state index in [2.05, 4.69) is 28.8 Å². The number of hydrogen-bond donors (Lipinski definition) is 1. The van der Waals surface area contributed by atoms with Gasteiger partial charge < -0.3 is 14.6 Å². The molecule has 30 heavy (non-hydrogen) atoms. The number of rotatable bonds is 6. The van der Waals surface area contributed by atoms with Crippen LogP contribution in [0.2, 0.25) is 0 Å². The van der Waals surface area contributed by atoms with Gasteiger partial charge in [-0.25, -0.2) is 14.3 Å². The number of ether oxygens (including phenoxy) is 1. The first-order valence-electron chi connectivity index (χ1n) is 9.91. The number of carbonyl (C=O) groups excluding carboxylic acids is 3. The molecule has 0 unspecified atom stereocenters. The standard InChI is InChI=1S/C21H27N5O4/c1-13(2)26-18(8-9-23-26)25-14(3)12-17(15(25)4)6-7-19(27)30-16(5)20(28)24-11-10-22-21(24)29/h6-9,12-13,16H,10-11H2,1-5H3,(H,22,29)/b7-6+/t16-/m0/s1. The highest BCUT2D eigenvalue weighted by Crippen LogP contribution is 2.23. The minimum atomic E-state index is -1.04. The summed E-state index contributed by atoms with van der Waals surface area (Å²) in [4.78, 5) is 37.1. The van der Waals surface area contributed by atoms with Crippen LogP contribution in [0.1, 0.15) is 43.8 Å². The van der Waals surface area contributed by atoms with Crippen LogP contribution in [-0.2, 0) is 14.3 Å². The van der Waals surface area contributed by atoms with Crippen molar-refractivity contribution in [3.63, 3.8) is 0 Å². The molecule has 1 saturated heterocycles. The lowest BCUT2D eigenvalue weighted by molar-refractivity contribution is -0.153. The van der Waals surface area contributed by atoms with E-state index < -0.39 is 24.0 Å². The normalized spacial score (nSPS) is 15.1. The first kappa shape index (κ1) is 21.4. The average Bonchev–Trinajstić information content (AvgIpc) is 3.38. The fourth-order valence-electron chi connectivity index (χ4n) is 3.51. The number of aryl methyl sites for hydroxylation is 1. The molecule has 0 spiro atoms. The van der Waals surface area contributed by atoms with Crippen molar-refractivity contribution in [2.24, 2.45) is 0 Å². The van der Waals surface area contributed by atoms with Crippen molar-refractivity contribution >= 4 is 24.0 Å². The Kier molecular flexibility index (Phi) is 6.09. The number of nitrogens with one attached hydrogen (secondary N) is 1. The number of imide groups is 1. The monoisotopic (exact) mass is 413 g/mol. The summed E-state index contributed by atoms with van der Waals surface area (Å²) in [5, 5.41) is 6.93. The highest BCUT2D eigenvalue weighted by Gasteiger charge is 2.31. The van der Waals surface area contributed by atoms with Gasteiger partial charge in [0.25, 0.3) is 5.91 Å². The molecule has 160 valence electrons. The van der Waals surface area contributed by atoms with Crippen LogP contribution in [0, 0.1) is 13.8 Å². The molecule has 1 aliphatic rings. The highest BCUT2D eigenvalue weighted by molar-refractivity contribution is 5.99. The number of urea groups is 1. The van der Waals surface area contributed by atoms with E-state index in [1.807, 2.05) is 30.7 Å². The van der Waals surface area contributed by atoms with Crippen molar-refractivity contribution in [1.29, 1.82) is 0 Å². The van der Waals surface area contributed by atoms with Crippen molar-refractivity contribution in [2.45, 2.75) is 46.8 Å². The van der Waals surface area contributed by atoms with Crippen molar-refractivity contribution in [3.05, 3.63) is 41.4 Å². The molecule has 9 nitrogen and oxygen atoms in total. The van der Waals surface area contributed by atoms with E-state index in [9.17, 15) is 14.4 Å². The predicted molar refractivity (Wildman–Crippen MR) is 111 cm³/mol.